The van der Waals surface area contributed by atoms with Crippen molar-refractivity contribution in [2.75, 3.05) is 0 Å². The van der Waals surface area contributed by atoms with E-state index in [0.717, 1.165) is 12.1 Å². The molecule has 0 spiro atoms. The number of alkyl halides is 3. The number of hydrogen-bond acceptors (Lipinski definition) is 5. The molecule has 162 valence electrons. The predicted octanol–water partition coefficient (Wildman–Crippen LogP) is 6.36. The van der Waals surface area contributed by atoms with E-state index in [4.69, 9.17) is 9.26 Å². The highest BCUT2D eigenvalue weighted by Gasteiger charge is 2.30. The van der Waals surface area contributed by atoms with Crippen molar-refractivity contribution in [1.82, 2.24) is 10.1 Å². The van der Waals surface area contributed by atoms with Crippen LogP contribution < -0.4 is 4.74 Å². The zero-order valence-corrected chi connectivity index (χ0v) is 16.7. The van der Waals surface area contributed by atoms with Crippen LogP contribution >= 0.6 is 0 Å². The maximum absolute atomic E-state index is 12.7. The Morgan fingerprint density at radius 1 is 0.969 bits per heavy atom. The summed E-state index contributed by atoms with van der Waals surface area (Å²) in [4.78, 5) is 16.6. The number of ether oxygens (including phenoxy) is 1. The van der Waals surface area contributed by atoms with Crippen molar-refractivity contribution in [2.45, 2.75) is 19.0 Å². The molecule has 0 unspecified atom stereocenters. The molecule has 5 nitrogen and oxygen atoms in total. The number of Topliss-reactive ketones (excluding diaryl/α,β-unsaturated/α-hetero) is 1. The summed E-state index contributed by atoms with van der Waals surface area (Å²) in [5.74, 6) is 1.36. The number of benzene rings is 2. The minimum Gasteiger partial charge on any atom is -0.439 e. The second-order valence-electron chi connectivity index (χ2n) is 6.98. The van der Waals surface area contributed by atoms with Crippen molar-refractivity contribution in [3.63, 3.8) is 0 Å². The quantitative estimate of drug-likeness (QED) is 0.314. The zero-order chi connectivity index (χ0) is 22.6. The lowest BCUT2D eigenvalue weighted by atomic mass is 10.1. The summed E-state index contributed by atoms with van der Waals surface area (Å²) >= 11 is 0. The van der Waals surface area contributed by atoms with Crippen LogP contribution in [-0.2, 0) is 12.6 Å². The van der Waals surface area contributed by atoms with Gasteiger partial charge in [-0.05, 0) is 30.3 Å². The van der Waals surface area contributed by atoms with Gasteiger partial charge in [0, 0.05) is 42.3 Å². The van der Waals surface area contributed by atoms with E-state index in [1.807, 2.05) is 18.2 Å². The first-order valence-corrected chi connectivity index (χ1v) is 9.74. The molecule has 0 radical (unpaired) electrons. The van der Waals surface area contributed by atoms with Crippen LogP contribution in [0.25, 0.3) is 11.3 Å². The molecule has 4 aromatic rings. The number of para-hydroxylation sites is 1. The molecule has 0 aliphatic heterocycles. The molecule has 2 aromatic carbocycles. The summed E-state index contributed by atoms with van der Waals surface area (Å²) in [6, 6.07) is 18.7. The van der Waals surface area contributed by atoms with Gasteiger partial charge in [-0.2, -0.15) is 13.2 Å². The predicted molar refractivity (Wildman–Crippen MR) is 110 cm³/mol. The zero-order valence-electron chi connectivity index (χ0n) is 16.7. The van der Waals surface area contributed by atoms with Gasteiger partial charge in [0.05, 0.1) is 5.56 Å². The summed E-state index contributed by atoms with van der Waals surface area (Å²) in [7, 11) is 0. The molecule has 0 fully saturated rings. The second kappa shape index (κ2) is 9.05. The van der Waals surface area contributed by atoms with Crippen LogP contribution in [0.4, 0.5) is 13.2 Å². The molecule has 0 aliphatic carbocycles. The minimum atomic E-state index is -4.39. The lowest BCUT2D eigenvalue weighted by molar-refractivity contribution is -0.137. The van der Waals surface area contributed by atoms with Gasteiger partial charge in [0.25, 0.3) is 0 Å². The Hall–Kier alpha value is -3.94. The fraction of sp³-hybridized carbons (Fsp3) is 0.125. The third-order valence-electron chi connectivity index (χ3n) is 4.69. The van der Waals surface area contributed by atoms with Crippen LogP contribution in [0.5, 0.6) is 11.6 Å². The van der Waals surface area contributed by atoms with Crippen molar-refractivity contribution in [1.29, 1.82) is 0 Å². The fourth-order valence-electron chi connectivity index (χ4n) is 2.99. The Morgan fingerprint density at radius 3 is 2.38 bits per heavy atom. The van der Waals surface area contributed by atoms with Gasteiger partial charge in [0.2, 0.25) is 5.88 Å². The highest BCUT2D eigenvalue weighted by atomic mass is 19.4. The Labute approximate surface area is 181 Å². The van der Waals surface area contributed by atoms with E-state index in [2.05, 4.69) is 10.1 Å². The van der Waals surface area contributed by atoms with Crippen LogP contribution in [0, 0.1) is 0 Å². The molecule has 2 heterocycles. The van der Waals surface area contributed by atoms with Gasteiger partial charge >= 0.3 is 6.18 Å². The molecule has 8 heteroatoms. The number of pyridine rings is 1. The number of aromatic nitrogens is 2. The number of ketones is 1. The van der Waals surface area contributed by atoms with Gasteiger partial charge in [-0.25, -0.2) is 4.98 Å². The molecular formula is C24H17F3N2O3. The molecule has 0 atom stereocenters. The molecule has 4 rings (SSSR count). The highest BCUT2D eigenvalue weighted by Crippen LogP contribution is 2.31. The first-order chi connectivity index (χ1) is 15.4. The molecule has 0 N–H and O–H groups in total. The monoisotopic (exact) mass is 438 g/mol. The summed E-state index contributed by atoms with van der Waals surface area (Å²) in [5.41, 5.74) is 0.611. The van der Waals surface area contributed by atoms with Crippen LogP contribution in [-0.4, -0.2) is 15.9 Å². The van der Waals surface area contributed by atoms with E-state index in [9.17, 15) is 18.0 Å². The molecule has 0 saturated heterocycles. The van der Waals surface area contributed by atoms with E-state index in [0.29, 0.717) is 40.6 Å². The first kappa shape index (κ1) is 21.3. The van der Waals surface area contributed by atoms with E-state index in [1.165, 1.54) is 18.3 Å². The molecule has 0 bridgehead atoms. The smallest absolute Gasteiger partial charge is 0.416 e. The summed E-state index contributed by atoms with van der Waals surface area (Å²) < 4.78 is 48.9. The van der Waals surface area contributed by atoms with Gasteiger partial charge in [-0.1, -0.05) is 35.5 Å². The van der Waals surface area contributed by atoms with E-state index >= 15 is 0 Å². The Morgan fingerprint density at radius 2 is 1.72 bits per heavy atom. The first-order valence-electron chi connectivity index (χ1n) is 9.74. The fourth-order valence-corrected chi connectivity index (χ4v) is 2.99. The number of hydrogen-bond donors (Lipinski definition) is 0. The van der Waals surface area contributed by atoms with Crippen molar-refractivity contribution < 1.29 is 27.2 Å². The van der Waals surface area contributed by atoms with E-state index < -0.39 is 11.7 Å². The SMILES string of the molecule is O=C(CCc1cc(-c2ccc(C(F)(F)F)cc2)no1)c1ccc(Oc2ccccc2)nc1. The maximum Gasteiger partial charge on any atom is 0.416 e. The molecule has 2 aromatic heterocycles. The lowest BCUT2D eigenvalue weighted by Crippen LogP contribution is -2.03. The van der Waals surface area contributed by atoms with Crippen molar-refractivity contribution in [2.24, 2.45) is 0 Å². The van der Waals surface area contributed by atoms with Crippen LogP contribution in [0.3, 0.4) is 0 Å². The number of aryl methyl sites for hydroxylation is 1. The number of rotatable bonds is 7. The Balaban J connectivity index is 1.34. The number of halogens is 3. The Kier molecular flexibility index (Phi) is 6.02. The number of carbonyl (C=O) groups is 1. The number of nitrogens with zero attached hydrogens (tertiary/aromatic N) is 2. The molecule has 0 saturated carbocycles. The highest BCUT2D eigenvalue weighted by molar-refractivity contribution is 5.95. The van der Waals surface area contributed by atoms with Gasteiger partial charge < -0.3 is 9.26 Å². The van der Waals surface area contributed by atoms with Crippen molar-refractivity contribution in [3.8, 4) is 22.9 Å². The van der Waals surface area contributed by atoms with Crippen LogP contribution in [0.2, 0.25) is 0 Å². The van der Waals surface area contributed by atoms with Gasteiger partial charge in [0.15, 0.2) is 5.78 Å². The summed E-state index contributed by atoms with van der Waals surface area (Å²) in [5, 5.41) is 3.88. The lowest BCUT2D eigenvalue weighted by Gasteiger charge is -2.06. The second-order valence-corrected chi connectivity index (χ2v) is 6.98. The maximum atomic E-state index is 12.7. The van der Waals surface area contributed by atoms with Crippen LogP contribution in [0.1, 0.15) is 28.1 Å². The van der Waals surface area contributed by atoms with Crippen molar-refractivity contribution in [3.05, 3.63) is 95.9 Å². The molecule has 0 amide bonds. The normalized spacial score (nSPS) is 11.3. The minimum absolute atomic E-state index is 0.128. The van der Waals surface area contributed by atoms with E-state index in [-0.39, 0.29) is 12.2 Å². The summed E-state index contributed by atoms with van der Waals surface area (Å²) in [6.07, 6.45) is -2.47. The Bertz CT molecular complexity index is 1190. The van der Waals surface area contributed by atoms with Gasteiger partial charge in [0.1, 0.15) is 17.2 Å². The average molecular weight is 438 g/mol. The van der Waals surface area contributed by atoms with E-state index in [1.54, 1.807) is 30.3 Å². The third kappa shape index (κ3) is 5.21. The largest absolute Gasteiger partial charge is 0.439 e. The van der Waals surface area contributed by atoms with Gasteiger partial charge in [-0.15, -0.1) is 0 Å². The average Bonchev–Trinajstić information content (AvgIpc) is 3.27. The number of carbonyl (C=O) groups excluding carboxylic acids is 1. The standard InChI is InChI=1S/C24H17F3N2O3/c25-24(26,27)18-9-6-16(7-10-18)21-14-20(32-29-21)11-12-22(30)17-8-13-23(28-15-17)31-19-4-2-1-3-5-19/h1-10,13-15H,11-12H2. The van der Waals surface area contributed by atoms with Gasteiger partial charge in [-0.3, -0.25) is 4.79 Å². The molecule has 32 heavy (non-hydrogen) atoms. The van der Waals surface area contributed by atoms with Crippen LogP contribution in [0.15, 0.2) is 83.5 Å². The summed E-state index contributed by atoms with van der Waals surface area (Å²) in [6.45, 7) is 0. The van der Waals surface area contributed by atoms with Crippen molar-refractivity contribution >= 4 is 5.78 Å². The molecule has 0 aliphatic rings. The molecular weight excluding hydrogens is 421 g/mol. The topological polar surface area (TPSA) is 65.2 Å². The third-order valence-corrected chi connectivity index (χ3v) is 4.69.